The number of aromatic nitrogens is 2. The lowest BCUT2D eigenvalue weighted by Crippen LogP contribution is -2.41. The Morgan fingerprint density at radius 2 is 1.78 bits per heavy atom. The second-order valence-corrected chi connectivity index (χ2v) is 10.9. The van der Waals surface area contributed by atoms with Gasteiger partial charge in [0.2, 0.25) is 0 Å². The van der Waals surface area contributed by atoms with Crippen molar-refractivity contribution < 1.29 is 23.6 Å². The number of ether oxygens (including phenoxy) is 2. The lowest BCUT2D eigenvalue weighted by Gasteiger charge is -2.32. The van der Waals surface area contributed by atoms with Crippen molar-refractivity contribution in [2.45, 2.75) is 65.3 Å². The molecule has 0 aliphatic carbocycles. The Morgan fingerprint density at radius 3 is 2.44 bits per heavy atom. The Kier molecular flexibility index (Phi) is 6.70. The molecule has 3 aromatic rings. The maximum atomic E-state index is 12.9. The number of imidazole rings is 1. The molecule has 1 fully saturated rings. The molecule has 36 heavy (non-hydrogen) atoms. The maximum Gasteiger partial charge on any atom is 0.494 e. The van der Waals surface area contributed by atoms with Crippen LogP contribution >= 0.6 is 0 Å². The molecular weight excluding hydrogens is 461 g/mol. The quantitative estimate of drug-likeness (QED) is 0.401. The van der Waals surface area contributed by atoms with Crippen LogP contribution < -0.4 is 21.2 Å². The van der Waals surface area contributed by atoms with E-state index >= 15 is 0 Å². The minimum absolute atomic E-state index is 0.248. The Morgan fingerprint density at radius 1 is 1.08 bits per heavy atom. The van der Waals surface area contributed by atoms with Crippen molar-refractivity contribution in [1.82, 2.24) is 14.9 Å². The number of benzene rings is 2. The summed E-state index contributed by atoms with van der Waals surface area (Å²) in [5.74, 6) is 0.571. The van der Waals surface area contributed by atoms with Gasteiger partial charge in [0.25, 0.3) is 0 Å². The van der Waals surface area contributed by atoms with E-state index in [9.17, 15) is 9.59 Å². The van der Waals surface area contributed by atoms with Crippen LogP contribution in [0.15, 0.2) is 47.3 Å². The average Bonchev–Trinajstić information content (AvgIpc) is 3.20. The minimum Gasteiger partial charge on any atom is -0.492 e. The molecule has 0 atom stereocenters. The van der Waals surface area contributed by atoms with Crippen LogP contribution in [0.25, 0.3) is 16.7 Å². The van der Waals surface area contributed by atoms with Crippen molar-refractivity contribution in [2.75, 3.05) is 13.2 Å². The second kappa shape index (κ2) is 9.33. The SMILES string of the molecule is CC(C)(C)OC(=O)NCCOc1cccc(-n2c(=O)[nH]c3ccc(B4OC(C)(C)C(C)(C)O4)cc32)c1. The molecule has 1 saturated heterocycles. The highest BCUT2D eigenvalue weighted by molar-refractivity contribution is 6.62. The summed E-state index contributed by atoms with van der Waals surface area (Å²) < 4.78 is 25.0. The van der Waals surface area contributed by atoms with Gasteiger partial charge in [0.15, 0.2) is 0 Å². The van der Waals surface area contributed by atoms with E-state index in [4.69, 9.17) is 18.8 Å². The molecule has 1 aromatic heterocycles. The van der Waals surface area contributed by atoms with Gasteiger partial charge in [-0.25, -0.2) is 9.59 Å². The number of hydrogen-bond donors (Lipinski definition) is 2. The zero-order valence-corrected chi connectivity index (χ0v) is 21.9. The summed E-state index contributed by atoms with van der Waals surface area (Å²) in [5, 5.41) is 2.66. The van der Waals surface area contributed by atoms with Crippen LogP contribution in [0.2, 0.25) is 0 Å². The van der Waals surface area contributed by atoms with Crippen LogP contribution in [-0.4, -0.2) is 52.7 Å². The molecule has 9 nitrogen and oxygen atoms in total. The zero-order chi connectivity index (χ0) is 26.3. The van der Waals surface area contributed by atoms with Gasteiger partial charge in [-0.1, -0.05) is 12.1 Å². The van der Waals surface area contributed by atoms with E-state index in [0.717, 1.165) is 5.46 Å². The minimum atomic E-state index is -0.561. The summed E-state index contributed by atoms with van der Waals surface area (Å²) in [6.07, 6.45) is -0.497. The highest BCUT2D eigenvalue weighted by Gasteiger charge is 2.51. The van der Waals surface area contributed by atoms with Crippen molar-refractivity contribution in [3.05, 3.63) is 52.9 Å². The monoisotopic (exact) mass is 495 g/mol. The second-order valence-electron chi connectivity index (χ2n) is 10.9. The average molecular weight is 495 g/mol. The number of H-pyrrole nitrogens is 1. The van der Waals surface area contributed by atoms with Crippen molar-refractivity contribution in [2.24, 2.45) is 0 Å². The molecule has 0 spiro atoms. The molecule has 2 N–H and O–H groups in total. The third-order valence-corrected chi connectivity index (χ3v) is 6.35. The molecule has 2 aromatic carbocycles. The molecule has 0 unspecified atom stereocenters. The first-order chi connectivity index (χ1) is 16.8. The zero-order valence-electron chi connectivity index (χ0n) is 21.9. The van der Waals surface area contributed by atoms with Gasteiger partial charge in [-0.2, -0.15) is 0 Å². The Labute approximate surface area is 211 Å². The first kappa shape index (κ1) is 25.8. The number of carbonyl (C=O) groups excluding carboxylic acids is 1. The van der Waals surface area contributed by atoms with Crippen LogP contribution in [0.5, 0.6) is 5.75 Å². The van der Waals surface area contributed by atoms with Gasteiger partial charge in [-0.15, -0.1) is 0 Å². The standard InChI is InChI=1S/C26H34BN3O6/c1-24(2,3)34-23(32)28-13-14-33-19-10-8-9-18(16-19)30-21-15-17(11-12-20(21)29-22(30)31)27-35-25(4,5)26(6,7)36-27/h8-12,15-16H,13-14H2,1-7H3,(H,28,32)(H,29,31). The lowest BCUT2D eigenvalue weighted by molar-refractivity contribution is 0.00578. The van der Waals surface area contributed by atoms with Crippen molar-refractivity contribution in [1.29, 1.82) is 0 Å². The van der Waals surface area contributed by atoms with Gasteiger partial charge >= 0.3 is 18.9 Å². The highest BCUT2D eigenvalue weighted by Crippen LogP contribution is 2.36. The summed E-state index contributed by atoms with van der Waals surface area (Å²) in [6, 6.07) is 12.9. The Balaban J connectivity index is 1.52. The predicted molar refractivity (Wildman–Crippen MR) is 139 cm³/mol. The van der Waals surface area contributed by atoms with E-state index in [1.54, 1.807) is 37.5 Å². The van der Waals surface area contributed by atoms with Crippen LogP contribution in [0.3, 0.4) is 0 Å². The Hall–Kier alpha value is -3.24. The first-order valence-corrected chi connectivity index (χ1v) is 12.1. The number of rotatable bonds is 6. The third-order valence-electron chi connectivity index (χ3n) is 6.35. The smallest absolute Gasteiger partial charge is 0.492 e. The molecule has 0 bridgehead atoms. The van der Waals surface area contributed by atoms with Crippen molar-refractivity contribution >= 4 is 29.7 Å². The summed E-state index contributed by atoms with van der Waals surface area (Å²) in [4.78, 5) is 27.6. The molecule has 1 aliphatic rings. The summed E-state index contributed by atoms with van der Waals surface area (Å²) in [7, 11) is -0.537. The fourth-order valence-electron chi connectivity index (χ4n) is 3.85. The van der Waals surface area contributed by atoms with Crippen LogP contribution in [0.1, 0.15) is 48.5 Å². The summed E-state index contributed by atoms with van der Waals surface area (Å²) in [5.41, 5.74) is 1.13. The molecule has 4 rings (SSSR count). The van der Waals surface area contributed by atoms with Gasteiger partial charge < -0.3 is 29.1 Å². The highest BCUT2D eigenvalue weighted by atomic mass is 16.7. The van der Waals surface area contributed by atoms with E-state index in [2.05, 4.69) is 10.3 Å². The largest absolute Gasteiger partial charge is 0.494 e. The van der Waals surface area contributed by atoms with Gasteiger partial charge in [0, 0.05) is 6.07 Å². The number of carbonyl (C=O) groups is 1. The van der Waals surface area contributed by atoms with Crippen LogP contribution in [0.4, 0.5) is 4.79 Å². The van der Waals surface area contributed by atoms with Gasteiger partial charge in [0.1, 0.15) is 18.0 Å². The van der Waals surface area contributed by atoms with E-state index in [0.29, 0.717) is 22.5 Å². The van der Waals surface area contributed by atoms with E-state index < -0.39 is 30.0 Å². The fourth-order valence-corrected chi connectivity index (χ4v) is 3.85. The number of aromatic amines is 1. The van der Waals surface area contributed by atoms with E-state index in [-0.39, 0.29) is 18.8 Å². The number of nitrogens with zero attached hydrogens (tertiary/aromatic N) is 1. The van der Waals surface area contributed by atoms with Gasteiger partial charge in [-0.3, -0.25) is 4.57 Å². The molecule has 0 saturated carbocycles. The van der Waals surface area contributed by atoms with Gasteiger partial charge in [0.05, 0.1) is 34.5 Å². The molecule has 1 amide bonds. The summed E-state index contributed by atoms with van der Waals surface area (Å²) in [6.45, 7) is 14.0. The predicted octanol–water partition coefficient (Wildman–Crippen LogP) is 3.52. The molecule has 1 aliphatic heterocycles. The van der Waals surface area contributed by atoms with Crippen molar-refractivity contribution in [3.63, 3.8) is 0 Å². The lowest BCUT2D eigenvalue weighted by atomic mass is 9.79. The molecular formula is C26H34BN3O6. The molecule has 0 radical (unpaired) electrons. The normalized spacial score (nSPS) is 16.8. The number of hydrogen-bond acceptors (Lipinski definition) is 6. The molecule has 192 valence electrons. The molecule has 2 heterocycles. The number of nitrogens with one attached hydrogen (secondary N) is 2. The van der Waals surface area contributed by atoms with Crippen LogP contribution in [0, 0.1) is 0 Å². The van der Waals surface area contributed by atoms with Crippen molar-refractivity contribution in [3.8, 4) is 11.4 Å². The van der Waals surface area contributed by atoms with Crippen LogP contribution in [-0.2, 0) is 14.0 Å². The fraction of sp³-hybridized carbons (Fsp3) is 0.462. The first-order valence-electron chi connectivity index (χ1n) is 12.1. The Bertz CT molecular complexity index is 1310. The maximum absolute atomic E-state index is 12.9. The topological polar surface area (TPSA) is 104 Å². The number of alkyl carbamates (subject to hydrolysis) is 1. The molecule has 10 heteroatoms. The number of fused-ring (bicyclic) bond motifs is 1. The van der Waals surface area contributed by atoms with Gasteiger partial charge in [-0.05, 0) is 78.2 Å². The third kappa shape index (κ3) is 5.44. The summed E-state index contributed by atoms with van der Waals surface area (Å²) >= 11 is 0. The van der Waals surface area contributed by atoms with E-state index in [1.165, 1.54) is 0 Å². The van der Waals surface area contributed by atoms with E-state index in [1.807, 2.05) is 58.0 Å². The number of amides is 1.